The van der Waals surface area contributed by atoms with Crippen molar-refractivity contribution in [3.8, 4) is 5.75 Å². The van der Waals surface area contributed by atoms with Crippen LogP contribution in [0.5, 0.6) is 5.75 Å². The van der Waals surface area contributed by atoms with E-state index in [1.807, 2.05) is 49.6 Å². The van der Waals surface area contributed by atoms with Gasteiger partial charge in [0.1, 0.15) is 16.3 Å². The molecule has 4 rings (SSSR count). The molecule has 0 aliphatic heterocycles. The Morgan fingerprint density at radius 3 is 2.85 bits per heavy atom. The summed E-state index contributed by atoms with van der Waals surface area (Å²) in [7, 11) is 1.68. The zero-order valence-corrected chi connectivity index (χ0v) is 16.0. The third-order valence-electron chi connectivity index (χ3n) is 4.24. The maximum absolute atomic E-state index is 5.90. The number of benzene rings is 1. The first-order valence-electron chi connectivity index (χ1n) is 8.53. The monoisotopic (exact) mass is 380 g/mol. The highest BCUT2D eigenvalue weighted by Crippen LogP contribution is 2.26. The molecular formula is C19H20N6OS. The van der Waals surface area contributed by atoms with Crippen molar-refractivity contribution in [2.24, 2.45) is 0 Å². The van der Waals surface area contributed by atoms with Crippen molar-refractivity contribution in [1.29, 1.82) is 0 Å². The molecule has 0 spiro atoms. The molecule has 3 aromatic heterocycles. The zero-order valence-electron chi connectivity index (χ0n) is 15.1. The predicted octanol–water partition coefficient (Wildman–Crippen LogP) is 3.45. The Hall–Kier alpha value is -3.13. The summed E-state index contributed by atoms with van der Waals surface area (Å²) in [6.07, 6.45) is 3.86. The van der Waals surface area contributed by atoms with Crippen molar-refractivity contribution in [2.45, 2.75) is 20.0 Å². The average molecular weight is 380 g/mol. The number of nitrogens with one attached hydrogen (secondary N) is 1. The molecule has 4 aromatic rings. The van der Waals surface area contributed by atoms with E-state index < -0.39 is 0 Å². The SMILES string of the molecule is COc1ccccc1Cn1ccc2nc(N)nc(NCc3ncc(C)s3)c21. The van der Waals surface area contributed by atoms with Gasteiger partial charge in [0.25, 0.3) is 0 Å². The van der Waals surface area contributed by atoms with Gasteiger partial charge in [0.15, 0.2) is 5.82 Å². The minimum Gasteiger partial charge on any atom is -0.496 e. The first kappa shape index (κ1) is 17.3. The van der Waals surface area contributed by atoms with E-state index in [9.17, 15) is 0 Å². The highest BCUT2D eigenvalue weighted by molar-refractivity contribution is 7.11. The van der Waals surface area contributed by atoms with Crippen molar-refractivity contribution in [2.75, 3.05) is 18.2 Å². The van der Waals surface area contributed by atoms with Crippen LogP contribution in [0.2, 0.25) is 0 Å². The summed E-state index contributed by atoms with van der Waals surface area (Å²) < 4.78 is 7.58. The van der Waals surface area contributed by atoms with Gasteiger partial charge in [-0.25, -0.2) is 9.97 Å². The number of hydrogen-bond acceptors (Lipinski definition) is 7. The van der Waals surface area contributed by atoms with E-state index in [4.69, 9.17) is 10.5 Å². The van der Waals surface area contributed by atoms with Crippen LogP contribution in [0, 0.1) is 6.92 Å². The zero-order chi connectivity index (χ0) is 18.8. The molecule has 0 aliphatic carbocycles. The molecule has 138 valence electrons. The van der Waals surface area contributed by atoms with Gasteiger partial charge in [-0.15, -0.1) is 11.3 Å². The third kappa shape index (κ3) is 3.56. The number of fused-ring (bicyclic) bond motifs is 1. The van der Waals surface area contributed by atoms with Gasteiger partial charge in [0.05, 0.1) is 25.7 Å². The first-order chi connectivity index (χ1) is 13.1. The van der Waals surface area contributed by atoms with E-state index in [0.29, 0.717) is 18.9 Å². The fraction of sp³-hybridized carbons (Fsp3) is 0.211. The maximum atomic E-state index is 5.90. The number of para-hydroxylation sites is 1. The molecule has 7 nitrogen and oxygen atoms in total. The molecule has 1 aromatic carbocycles. The number of aryl methyl sites for hydroxylation is 1. The van der Waals surface area contributed by atoms with Crippen LogP contribution in [0.1, 0.15) is 15.4 Å². The topological polar surface area (TPSA) is 90.9 Å². The Morgan fingerprint density at radius 2 is 2.07 bits per heavy atom. The number of methoxy groups -OCH3 is 1. The standard InChI is InChI=1S/C19H20N6OS/c1-12-9-21-16(27-12)10-22-18-17-14(23-19(20)24-18)7-8-25(17)11-13-5-3-4-6-15(13)26-2/h3-9H,10-11H2,1-2H3,(H3,20,22,23,24). The molecule has 3 heterocycles. The summed E-state index contributed by atoms with van der Waals surface area (Å²) in [5.74, 6) is 1.80. The van der Waals surface area contributed by atoms with Crippen molar-refractivity contribution < 1.29 is 4.74 Å². The summed E-state index contributed by atoms with van der Waals surface area (Å²) in [6, 6.07) is 9.92. The minimum atomic E-state index is 0.246. The molecule has 0 unspecified atom stereocenters. The highest BCUT2D eigenvalue weighted by atomic mass is 32.1. The van der Waals surface area contributed by atoms with Gasteiger partial charge in [-0.2, -0.15) is 4.98 Å². The van der Waals surface area contributed by atoms with Crippen LogP contribution in [-0.2, 0) is 13.1 Å². The van der Waals surface area contributed by atoms with Crippen LogP contribution < -0.4 is 15.8 Å². The Balaban J connectivity index is 1.69. The Morgan fingerprint density at radius 1 is 1.22 bits per heavy atom. The average Bonchev–Trinajstić information content (AvgIpc) is 3.26. The molecule has 3 N–H and O–H groups in total. The molecule has 27 heavy (non-hydrogen) atoms. The lowest BCUT2D eigenvalue weighted by Crippen LogP contribution is -2.08. The number of ether oxygens (including phenoxy) is 1. The second-order valence-electron chi connectivity index (χ2n) is 6.14. The number of nitrogens with two attached hydrogens (primary N) is 1. The lowest BCUT2D eigenvalue weighted by molar-refractivity contribution is 0.408. The van der Waals surface area contributed by atoms with Crippen molar-refractivity contribution in [3.05, 3.63) is 58.2 Å². The van der Waals surface area contributed by atoms with E-state index in [2.05, 4.69) is 24.8 Å². The van der Waals surface area contributed by atoms with E-state index >= 15 is 0 Å². The van der Waals surface area contributed by atoms with Crippen LogP contribution >= 0.6 is 11.3 Å². The van der Waals surface area contributed by atoms with E-state index in [-0.39, 0.29) is 5.95 Å². The molecule has 0 radical (unpaired) electrons. The molecule has 8 heteroatoms. The maximum Gasteiger partial charge on any atom is 0.222 e. The van der Waals surface area contributed by atoms with Crippen LogP contribution in [0.4, 0.5) is 11.8 Å². The van der Waals surface area contributed by atoms with Crippen LogP contribution in [0.3, 0.4) is 0 Å². The van der Waals surface area contributed by atoms with Crippen molar-refractivity contribution in [1.82, 2.24) is 19.5 Å². The number of aromatic nitrogens is 4. The van der Waals surface area contributed by atoms with Crippen LogP contribution in [-0.4, -0.2) is 26.6 Å². The Bertz CT molecular complexity index is 1090. The summed E-state index contributed by atoms with van der Waals surface area (Å²) >= 11 is 1.66. The van der Waals surface area contributed by atoms with Crippen molar-refractivity contribution in [3.63, 3.8) is 0 Å². The normalized spacial score (nSPS) is 11.0. The third-order valence-corrected chi connectivity index (χ3v) is 5.15. The van der Waals surface area contributed by atoms with Gasteiger partial charge >= 0.3 is 0 Å². The minimum absolute atomic E-state index is 0.246. The van der Waals surface area contributed by atoms with E-state index in [1.165, 1.54) is 4.88 Å². The van der Waals surface area contributed by atoms with Gasteiger partial charge in [-0.05, 0) is 19.1 Å². The Kier molecular flexibility index (Phi) is 4.64. The number of anilines is 2. The van der Waals surface area contributed by atoms with E-state index in [1.54, 1.807) is 18.4 Å². The number of rotatable bonds is 6. The number of nitrogens with zero attached hydrogens (tertiary/aromatic N) is 4. The molecule has 0 saturated heterocycles. The fourth-order valence-corrected chi connectivity index (χ4v) is 3.77. The van der Waals surface area contributed by atoms with Gasteiger partial charge < -0.3 is 20.4 Å². The summed E-state index contributed by atoms with van der Waals surface area (Å²) in [4.78, 5) is 14.4. The van der Waals surface area contributed by atoms with Gasteiger partial charge in [0.2, 0.25) is 5.95 Å². The summed E-state index contributed by atoms with van der Waals surface area (Å²) in [5, 5.41) is 4.36. The quantitative estimate of drug-likeness (QED) is 0.532. The first-order valence-corrected chi connectivity index (χ1v) is 9.35. The highest BCUT2D eigenvalue weighted by Gasteiger charge is 2.13. The molecule has 0 saturated carbocycles. The van der Waals surface area contributed by atoms with E-state index in [0.717, 1.165) is 27.4 Å². The fourth-order valence-electron chi connectivity index (χ4n) is 3.04. The van der Waals surface area contributed by atoms with Crippen molar-refractivity contribution >= 4 is 34.1 Å². The molecule has 0 bridgehead atoms. The molecule has 0 fully saturated rings. The largest absolute Gasteiger partial charge is 0.496 e. The molecule has 0 amide bonds. The number of nitrogen functional groups attached to an aromatic ring is 1. The summed E-state index contributed by atoms with van der Waals surface area (Å²) in [5.41, 5.74) is 8.69. The van der Waals surface area contributed by atoms with Crippen LogP contribution in [0.25, 0.3) is 11.0 Å². The molecule has 0 aliphatic rings. The lowest BCUT2D eigenvalue weighted by Gasteiger charge is -2.13. The number of thiazole rings is 1. The van der Waals surface area contributed by atoms with Gasteiger partial charge in [-0.3, -0.25) is 0 Å². The number of hydrogen-bond donors (Lipinski definition) is 2. The molecular weight excluding hydrogens is 360 g/mol. The predicted molar refractivity (Wildman–Crippen MR) is 108 cm³/mol. The van der Waals surface area contributed by atoms with Gasteiger partial charge in [0, 0.05) is 22.8 Å². The molecule has 0 atom stereocenters. The second kappa shape index (κ2) is 7.24. The van der Waals surface area contributed by atoms with Crippen LogP contribution in [0.15, 0.2) is 42.7 Å². The van der Waals surface area contributed by atoms with Gasteiger partial charge in [-0.1, -0.05) is 18.2 Å². The smallest absolute Gasteiger partial charge is 0.222 e. The summed E-state index contributed by atoms with van der Waals surface area (Å²) in [6.45, 7) is 3.27. The lowest BCUT2D eigenvalue weighted by atomic mass is 10.2. The Labute approximate surface area is 160 Å². The second-order valence-corrected chi connectivity index (χ2v) is 7.46.